The quantitative estimate of drug-likeness (QED) is 0.869. The molecule has 0 amide bonds. The Bertz CT molecular complexity index is 540. The van der Waals surface area contributed by atoms with Gasteiger partial charge >= 0.3 is 5.97 Å². The van der Waals surface area contributed by atoms with E-state index >= 15 is 0 Å². The summed E-state index contributed by atoms with van der Waals surface area (Å²) in [6, 6.07) is 6.02. The van der Waals surface area contributed by atoms with Crippen LogP contribution < -0.4 is 0 Å². The van der Waals surface area contributed by atoms with E-state index in [-0.39, 0.29) is 6.42 Å². The van der Waals surface area contributed by atoms with Gasteiger partial charge in [-0.15, -0.1) is 5.10 Å². The number of aromatic nitrogens is 3. The van der Waals surface area contributed by atoms with Crippen LogP contribution in [0.25, 0.3) is 5.69 Å². The summed E-state index contributed by atoms with van der Waals surface area (Å²) < 4.78 is 1.60. The number of carboxylic acids is 1. The van der Waals surface area contributed by atoms with Gasteiger partial charge in [0.15, 0.2) is 0 Å². The number of carboxylic acid groups (broad SMARTS) is 1. The molecule has 1 heterocycles. The van der Waals surface area contributed by atoms with Crippen LogP contribution in [-0.4, -0.2) is 26.1 Å². The van der Waals surface area contributed by atoms with Crippen LogP contribution >= 0.6 is 0 Å². The summed E-state index contributed by atoms with van der Waals surface area (Å²) in [5.41, 5.74) is 3.62. The fraction of sp³-hybridized carbons (Fsp3) is 0.250. The normalized spacial score (nSPS) is 10.5. The second kappa shape index (κ2) is 4.37. The lowest BCUT2D eigenvalue weighted by Crippen LogP contribution is -2.00. The minimum Gasteiger partial charge on any atom is -0.481 e. The molecule has 1 aromatic carbocycles. The maximum Gasteiger partial charge on any atom is 0.309 e. The summed E-state index contributed by atoms with van der Waals surface area (Å²) in [7, 11) is 0. The maximum atomic E-state index is 10.5. The van der Waals surface area contributed by atoms with Gasteiger partial charge < -0.3 is 5.11 Å². The Labute approximate surface area is 98.7 Å². The van der Waals surface area contributed by atoms with Crippen molar-refractivity contribution in [3.05, 3.63) is 41.2 Å². The summed E-state index contributed by atoms with van der Waals surface area (Å²) in [4.78, 5) is 10.5. The average molecular weight is 231 g/mol. The molecule has 2 aromatic rings. The second-order valence-electron chi connectivity index (χ2n) is 4.07. The predicted octanol–water partition coefficient (Wildman–Crippen LogP) is 1.51. The summed E-state index contributed by atoms with van der Waals surface area (Å²) >= 11 is 0. The third-order valence-corrected chi connectivity index (χ3v) is 2.34. The second-order valence-corrected chi connectivity index (χ2v) is 4.07. The molecular weight excluding hydrogens is 218 g/mol. The standard InChI is InChI=1S/C12H13N3O2/c1-8-3-9(2)5-11(4-8)15-7-10(13-14-15)6-12(16)17/h3-5,7H,6H2,1-2H3,(H,16,17). The molecule has 0 saturated heterocycles. The Morgan fingerprint density at radius 3 is 2.53 bits per heavy atom. The highest BCUT2D eigenvalue weighted by Gasteiger charge is 2.07. The number of carbonyl (C=O) groups is 1. The van der Waals surface area contributed by atoms with Crippen molar-refractivity contribution in [2.75, 3.05) is 0 Å². The SMILES string of the molecule is Cc1cc(C)cc(-n2cc(CC(=O)O)nn2)c1. The van der Waals surface area contributed by atoms with Crippen molar-refractivity contribution in [3.63, 3.8) is 0 Å². The van der Waals surface area contributed by atoms with Gasteiger partial charge in [0.05, 0.1) is 24.0 Å². The number of hydrogen-bond donors (Lipinski definition) is 1. The van der Waals surface area contributed by atoms with Gasteiger partial charge in [0.25, 0.3) is 0 Å². The van der Waals surface area contributed by atoms with E-state index < -0.39 is 5.97 Å². The topological polar surface area (TPSA) is 68.0 Å². The molecule has 0 unspecified atom stereocenters. The summed E-state index contributed by atoms with van der Waals surface area (Å²) in [6.07, 6.45) is 1.53. The number of rotatable bonds is 3. The molecule has 2 rings (SSSR count). The zero-order chi connectivity index (χ0) is 12.4. The predicted molar refractivity (Wildman–Crippen MR) is 62.2 cm³/mol. The number of benzene rings is 1. The molecule has 5 nitrogen and oxygen atoms in total. The van der Waals surface area contributed by atoms with Crippen molar-refractivity contribution >= 4 is 5.97 Å². The fourth-order valence-corrected chi connectivity index (χ4v) is 1.74. The number of aliphatic carboxylic acids is 1. The van der Waals surface area contributed by atoms with Crippen molar-refractivity contribution in [1.29, 1.82) is 0 Å². The molecule has 5 heteroatoms. The van der Waals surface area contributed by atoms with Gasteiger partial charge in [0.2, 0.25) is 0 Å². The molecule has 88 valence electrons. The molecule has 1 aromatic heterocycles. The smallest absolute Gasteiger partial charge is 0.309 e. The van der Waals surface area contributed by atoms with E-state index in [0.29, 0.717) is 5.69 Å². The van der Waals surface area contributed by atoms with E-state index in [1.54, 1.807) is 10.9 Å². The van der Waals surface area contributed by atoms with Crippen LogP contribution in [-0.2, 0) is 11.2 Å². The van der Waals surface area contributed by atoms with Crippen molar-refractivity contribution in [2.24, 2.45) is 0 Å². The van der Waals surface area contributed by atoms with Crippen LogP contribution in [0.15, 0.2) is 24.4 Å². The minimum absolute atomic E-state index is 0.106. The highest BCUT2D eigenvalue weighted by atomic mass is 16.4. The van der Waals surface area contributed by atoms with Gasteiger partial charge in [-0.05, 0) is 37.1 Å². The zero-order valence-corrected chi connectivity index (χ0v) is 9.71. The van der Waals surface area contributed by atoms with E-state index in [4.69, 9.17) is 5.11 Å². The first-order valence-electron chi connectivity index (χ1n) is 5.26. The van der Waals surface area contributed by atoms with E-state index in [0.717, 1.165) is 16.8 Å². The highest BCUT2D eigenvalue weighted by Crippen LogP contribution is 2.12. The van der Waals surface area contributed by atoms with Crippen LogP contribution in [0.5, 0.6) is 0 Å². The van der Waals surface area contributed by atoms with Crippen molar-refractivity contribution in [3.8, 4) is 5.69 Å². The minimum atomic E-state index is -0.905. The lowest BCUT2D eigenvalue weighted by Gasteiger charge is -2.03. The molecule has 0 aliphatic heterocycles. The Balaban J connectivity index is 2.33. The lowest BCUT2D eigenvalue weighted by molar-refractivity contribution is -0.136. The molecular formula is C12H13N3O2. The summed E-state index contributed by atoms with van der Waals surface area (Å²) in [5, 5.41) is 16.4. The van der Waals surface area contributed by atoms with Crippen LogP contribution in [0.3, 0.4) is 0 Å². The first-order valence-corrected chi connectivity index (χ1v) is 5.26. The third-order valence-electron chi connectivity index (χ3n) is 2.34. The van der Waals surface area contributed by atoms with Gasteiger partial charge in [0, 0.05) is 0 Å². The molecule has 0 aliphatic carbocycles. The first-order chi connectivity index (χ1) is 8.04. The largest absolute Gasteiger partial charge is 0.481 e. The van der Waals surface area contributed by atoms with Gasteiger partial charge in [-0.25, -0.2) is 4.68 Å². The third kappa shape index (κ3) is 2.69. The van der Waals surface area contributed by atoms with Gasteiger partial charge in [-0.2, -0.15) is 0 Å². The van der Waals surface area contributed by atoms with Crippen LogP contribution in [0.4, 0.5) is 0 Å². The molecule has 0 bridgehead atoms. The molecule has 0 fully saturated rings. The molecule has 0 aliphatic rings. The Kier molecular flexibility index (Phi) is 2.91. The molecule has 0 atom stereocenters. The van der Waals surface area contributed by atoms with Gasteiger partial charge in [-0.3, -0.25) is 4.79 Å². The molecule has 0 saturated carbocycles. The number of aryl methyl sites for hydroxylation is 2. The molecule has 1 N–H and O–H groups in total. The monoisotopic (exact) mass is 231 g/mol. The van der Waals surface area contributed by atoms with E-state index in [2.05, 4.69) is 16.4 Å². The van der Waals surface area contributed by atoms with Crippen LogP contribution in [0.1, 0.15) is 16.8 Å². The Hall–Kier alpha value is -2.17. The lowest BCUT2D eigenvalue weighted by atomic mass is 10.1. The van der Waals surface area contributed by atoms with Crippen molar-refractivity contribution in [1.82, 2.24) is 15.0 Å². The van der Waals surface area contributed by atoms with E-state index in [1.807, 2.05) is 26.0 Å². The number of hydrogen-bond acceptors (Lipinski definition) is 3. The molecule has 17 heavy (non-hydrogen) atoms. The van der Waals surface area contributed by atoms with Crippen LogP contribution in [0, 0.1) is 13.8 Å². The Morgan fingerprint density at radius 2 is 1.94 bits per heavy atom. The summed E-state index contributed by atoms with van der Waals surface area (Å²) in [5.74, 6) is -0.905. The van der Waals surface area contributed by atoms with E-state index in [1.165, 1.54) is 0 Å². The van der Waals surface area contributed by atoms with Gasteiger partial charge in [-0.1, -0.05) is 11.3 Å². The highest BCUT2D eigenvalue weighted by molar-refractivity contribution is 5.69. The number of nitrogens with zero attached hydrogens (tertiary/aromatic N) is 3. The summed E-state index contributed by atoms with van der Waals surface area (Å²) in [6.45, 7) is 4.01. The van der Waals surface area contributed by atoms with E-state index in [9.17, 15) is 4.79 Å². The Morgan fingerprint density at radius 1 is 1.29 bits per heavy atom. The maximum absolute atomic E-state index is 10.5. The van der Waals surface area contributed by atoms with Crippen LogP contribution in [0.2, 0.25) is 0 Å². The zero-order valence-electron chi connectivity index (χ0n) is 9.71. The van der Waals surface area contributed by atoms with Crippen molar-refractivity contribution < 1.29 is 9.90 Å². The fourth-order valence-electron chi connectivity index (χ4n) is 1.74. The molecule has 0 radical (unpaired) electrons. The van der Waals surface area contributed by atoms with Crippen molar-refractivity contribution in [2.45, 2.75) is 20.3 Å². The molecule has 0 spiro atoms. The van der Waals surface area contributed by atoms with Gasteiger partial charge in [0.1, 0.15) is 0 Å². The first kappa shape index (κ1) is 11.3. The average Bonchev–Trinajstić information content (AvgIpc) is 2.63.